The minimum absolute atomic E-state index is 0.0592. The van der Waals surface area contributed by atoms with Gasteiger partial charge in [0, 0.05) is 33.2 Å². The molecule has 2 heterocycles. The molecule has 59 heavy (non-hydrogen) atoms. The summed E-state index contributed by atoms with van der Waals surface area (Å²) in [5.41, 5.74) is 15.5. The summed E-state index contributed by atoms with van der Waals surface area (Å²) in [6.07, 6.45) is 0.891. The van der Waals surface area contributed by atoms with Gasteiger partial charge in [0.25, 0.3) is 0 Å². The Kier molecular flexibility index (Phi) is 8.41. The third-order valence-electron chi connectivity index (χ3n) is 12.1. The van der Waals surface area contributed by atoms with Crippen LogP contribution in [0.4, 0.5) is 0 Å². The van der Waals surface area contributed by atoms with E-state index >= 15 is 0 Å². The van der Waals surface area contributed by atoms with Crippen LogP contribution in [0.25, 0.3) is 99.5 Å². The summed E-state index contributed by atoms with van der Waals surface area (Å²) in [4.78, 5) is 10.6. The van der Waals surface area contributed by atoms with Crippen LogP contribution in [-0.4, -0.2) is 9.97 Å². The van der Waals surface area contributed by atoms with Gasteiger partial charge in [-0.1, -0.05) is 165 Å². The molecule has 0 aliphatic rings. The second-order valence-electron chi connectivity index (χ2n) is 15.6. The van der Waals surface area contributed by atoms with Crippen molar-refractivity contribution < 1.29 is 4.42 Å². The van der Waals surface area contributed by atoms with E-state index in [9.17, 15) is 0 Å². The van der Waals surface area contributed by atoms with E-state index in [-0.39, 0.29) is 5.92 Å². The van der Waals surface area contributed by atoms with Crippen LogP contribution in [0.1, 0.15) is 36.1 Å². The molecular formula is C56H40N2O. The summed E-state index contributed by atoms with van der Waals surface area (Å²) < 4.78 is 6.55. The number of hydrogen-bond acceptors (Lipinski definition) is 3. The van der Waals surface area contributed by atoms with E-state index in [0.29, 0.717) is 0 Å². The van der Waals surface area contributed by atoms with Crippen LogP contribution in [0.15, 0.2) is 192 Å². The highest BCUT2D eigenvalue weighted by molar-refractivity contribution is 6.35. The van der Waals surface area contributed by atoms with Gasteiger partial charge in [-0.15, -0.1) is 0 Å². The third kappa shape index (κ3) is 5.89. The Morgan fingerprint density at radius 2 is 1.14 bits per heavy atom. The van der Waals surface area contributed by atoms with Gasteiger partial charge in [0.15, 0.2) is 5.82 Å². The zero-order valence-corrected chi connectivity index (χ0v) is 33.0. The van der Waals surface area contributed by atoms with Gasteiger partial charge in [0.1, 0.15) is 11.2 Å². The van der Waals surface area contributed by atoms with Gasteiger partial charge in [-0.3, -0.25) is 0 Å². The molecule has 0 spiro atoms. The van der Waals surface area contributed by atoms with Gasteiger partial charge in [-0.2, -0.15) is 0 Å². The fraction of sp³-hybridized carbons (Fsp3) is 0.0714. The Hall–Kier alpha value is -7.36. The van der Waals surface area contributed by atoms with Gasteiger partial charge in [-0.25, -0.2) is 9.97 Å². The molecule has 3 nitrogen and oxygen atoms in total. The highest BCUT2D eigenvalue weighted by Crippen LogP contribution is 2.47. The Labute approximate surface area is 343 Å². The van der Waals surface area contributed by atoms with Gasteiger partial charge in [-0.05, 0) is 104 Å². The first-order valence-electron chi connectivity index (χ1n) is 20.5. The maximum Gasteiger partial charge on any atom is 0.160 e. The largest absolute Gasteiger partial charge is 0.456 e. The average Bonchev–Trinajstić information content (AvgIpc) is 3.69. The van der Waals surface area contributed by atoms with Crippen LogP contribution >= 0.6 is 0 Å². The van der Waals surface area contributed by atoms with E-state index in [4.69, 9.17) is 14.4 Å². The van der Waals surface area contributed by atoms with Gasteiger partial charge < -0.3 is 4.42 Å². The minimum atomic E-state index is 0.0592. The van der Waals surface area contributed by atoms with E-state index in [1.54, 1.807) is 0 Å². The molecule has 9 aromatic carbocycles. The van der Waals surface area contributed by atoms with Crippen LogP contribution < -0.4 is 0 Å². The lowest BCUT2D eigenvalue weighted by molar-refractivity contribution is 0.669. The average molecular weight is 757 g/mol. The fourth-order valence-corrected chi connectivity index (χ4v) is 9.31. The van der Waals surface area contributed by atoms with Crippen molar-refractivity contribution in [3.63, 3.8) is 0 Å². The molecule has 1 atom stereocenters. The summed E-state index contributed by atoms with van der Waals surface area (Å²) in [6, 6.07) is 67.3. The molecule has 280 valence electrons. The molecule has 11 aromatic rings. The van der Waals surface area contributed by atoms with E-state index in [2.05, 4.69) is 196 Å². The zero-order valence-electron chi connectivity index (χ0n) is 33.0. The smallest absolute Gasteiger partial charge is 0.160 e. The number of nitrogens with zero attached hydrogens (tertiary/aromatic N) is 2. The van der Waals surface area contributed by atoms with Gasteiger partial charge in [0.05, 0.1) is 11.4 Å². The number of aryl methyl sites for hydroxylation is 1. The van der Waals surface area contributed by atoms with Crippen molar-refractivity contribution in [2.45, 2.75) is 26.2 Å². The first-order chi connectivity index (χ1) is 29.1. The summed E-state index contributed by atoms with van der Waals surface area (Å²) in [6.45, 7) is 4.45. The predicted octanol–water partition coefficient (Wildman–Crippen LogP) is 15.3. The number of rotatable bonds is 8. The SMILES string of the molecule is CCC(c1cc(-c2cccc(-c3ccc4oc5cccc6c7ccc(-c8ccccc8)cc7c3c4c56)c2)nc(-c2ccccc2)n1)c1ccccc1-c1ccccc1C. The number of furan rings is 1. The van der Waals surface area contributed by atoms with Crippen LogP contribution in [0.5, 0.6) is 0 Å². The van der Waals surface area contributed by atoms with Crippen LogP contribution in [0.3, 0.4) is 0 Å². The van der Waals surface area contributed by atoms with E-state index in [0.717, 1.165) is 51.5 Å². The van der Waals surface area contributed by atoms with E-state index < -0.39 is 0 Å². The molecule has 0 amide bonds. The van der Waals surface area contributed by atoms with Crippen molar-refractivity contribution in [2.75, 3.05) is 0 Å². The third-order valence-corrected chi connectivity index (χ3v) is 12.1. The Morgan fingerprint density at radius 3 is 1.95 bits per heavy atom. The highest BCUT2D eigenvalue weighted by atomic mass is 16.3. The van der Waals surface area contributed by atoms with Crippen molar-refractivity contribution in [3.05, 3.63) is 205 Å². The van der Waals surface area contributed by atoms with Crippen LogP contribution in [-0.2, 0) is 0 Å². The number of hydrogen-bond donors (Lipinski definition) is 0. The second kappa shape index (κ2) is 14.2. The first-order valence-corrected chi connectivity index (χ1v) is 20.5. The molecule has 0 bridgehead atoms. The quantitative estimate of drug-likeness (QED) is 0.145. The van der Waals surface area contributed by atoms with Crippen molar-refractivity contribution in [3.8, 4) is 56.0 Å². The van der Waals surface area contributed by atoms with Crippen LogP contribution in [0.2, 0.25) is 0 Å². The molecule has 11 rings (SSSR count). The number of benzene rings is 9. The predicted molar refractivity (Wildman–Crippen MR) is 246 cm³/mol. The normalized spacial score (nSPS) is 12.2. The van der Waals surface area contributed by atoms with Crippen molar-refractivity contribution in [2.24, 2.45) is 0 Å². The van der Waals surface area contributed by atoms with Gasteiger partial charge >= 0.3 is 0 Å². The molecule has 0 radical (unpaired) electrons. The molecule has 0 aliphatic carbocycles. The first kappa shape index (κ1) is 34.9. The van der Waals surface area contributed by atoms with Crippen molar-refractivity contribution >= 4 is 43.5 Å². The van der Waals surface area contributed by atoms with Crippen LogP contribution in [0, 0.1) is 6.92 Å². The maximum atomic E-state index is 6.55. The number of aromatic nitrogens is 2. The standard InChI is InChI=1S/C56H40N2O/c1-3-41(44-24-12-13-25-45(44)42-23-11-10-16-35(42)2)50-34-49(57-56(58-50)37-19-8-5-9-20-37)40-22-14-21-39(32-40)43-30-31-52-55-53(43)48-33-38(36-17-6-4-7-18-36)28-29-46(48)47-26-15-27-51(59-52)54(47)55/h4-34,41H,3H2,1-2H3. The molecular weight excluding hydrogens is 717 g/mol. The molecule has 2 aromatic heterocycles. The molecule has 0 saturated carbocycles. The summed E-state index contributed by atoms with van der Waals surface area (Å²) >= 11 is 0. The van der Waals surface area contributed by atoms with E-state index in [1.165, 1.54) is 71.3 Å². The molecule has 0 fully saturated rings. The van der Waals surface area contributed by atoms with Crippen molar-refractivity contribution in [1.29, 1.82) is 0 Å². The highest BCUT2D eigenvalue weighted by Gasteiger charge is 2.23. The monoisotopic (exact) mass is 756 g/mol. The minimum Gasteiger partial charge on any atom is -0.456 e. The Morgan fingerprint density at radius 1 is 0.441 bits per heavy atom. The molecule has 1 unspecified atom stereocenters. The Bertz CT molecular complexity index is 3330. The van der Waals surface area contributed by atoms with Crippen molar-refractivity contribution in [1.82, 2.24) is 9.97 Å². The fourth-order valence-electron chi connectivity index (χ4n) is 9.31. The molecule has 0 saturated heterocycles. The zero-order chi connectivity index (χ0) is 39.5. The van der Waals surface area contributed by atoms with Gasteiger partial charge in [0.2, 0.25) is 0 Å². The Balaban J connectivity index is 1.12. The maximum absolute atomic E-state index is 6.55. The molecule has 0 aliphatic heterocycles. The second-order valence-corrected chi connectivity index (χ2v) is 15.6. The molecule has 3 heteroatoms. The van der Waals surface area contributed by atoms with E-state index in [1.807, 2.05) is 6.07 Å². The summed E-state index contributed by atoms with van der Waals surface area (Å²) in [7, 11) is 0. The lowest BCUT2D eigenvalue weighted by Crippen LogP contribution is -2.07. The molecule has 0 N–H and O–H groups in total. The topological polar surface area (TPSA) is 38.9 Å². The summed E-state index contributed by atoms with van der Waals surface area (Å²) in [5.74, 6) is 0.788. The lowest BCUT2D eigenvalue weighted by atomic mass is 9.85. The summed E-state index contributed by atoms with van der Waals surface area (Å²) in [5, 5.41) is 7.21. The lowest BCUT2D eigenvalue weighted by Gasteiger charge is -2.21. The number of fused-ring (bicyclic) bond motifs is 3.